The van der Waals surface area contributed by atoms with Crippen molar-refractivity contribution in [3.63, 3.8) is 0 Å². The number of furan rings is 1. The number of thiophene rings is 1. The first-order valence-electron chi connectivity index (χ1n) is 8.01. The molecule has 136 valence electrons. The lowest BCUT2D eigenvalue weighted by Gasteiger charge is -2.15. The van der Waals surface area contributed by atoms with Crippen molar-refractivity contribution in [2.45, 2.75) is 19.4 Å². The summed E-state index contributed by atoms with van der Waals surface area (Å²) in [5, 5.41) is 5.59. The van der Waals surface area contributed by atoms with Crippen molar-refractivity contribution in [3.05, 3.63) is 51.9 Å². The second kappa shape index (κ2) is 7.61. The van der Waals surface area contributed by atoms with E-state index in [2.05, 4.69) is 5.32 Å². The number of amides is 1. The first-order valence-corrected chi connectivity index (χ1v) is 8.89. The molecule has 7 heteroatoms. The van der Waals surface area contributed by atoms with Gasteiger partial charge in [0.15, 0.2) is 5.76 Å². The van der Waals surface area contributed by atoms with Gasteiger partial charge in [-0.05, 0) is 36.6 Å². The molecule has 0 saturated carbocycles. The molecular weight excluding hydrogens is 354 g/mol. The molecule has 1 N–H and O–H groups in total. The zero-order valence-corrected chi connectivity index (χ0v) is 15.5. The maximum absolute atomic E-state index is 12.8. The zero-order valence-electron chi connectivity index (χ0n) is 14.7. The number of benzene rings is 1. The van der Waals surface area contributed by atoms with Gasteiger partial charge in [0, 0.05) is 15.8 Å². The molecule has 1 unspecified atom stereocenters. The monoisotopic (exact) mass is 373 g/mol. The van der Waals surface area contributed by atoms with E-state index in [1.54, 1.807) is 19.2 Å². The Labute approximate surface area is 154 Å². The number of hydrogen-bond donors (Lipinski definition) is 1. The summed E-state index contributed by atoms with van der Waals surface area (Å²) in [4.78, 5) is 25.4. The predicted octanol–water partition coefficient (Wildman–Crippen LogP) is 3.85. The Hall–Kier alpha value is -2.80. The van der Waals surface area contributed by atoms with Gasteiger partial charge in [0.1, 0.15) is 11.3 Å². The molecule has 0 radical (unpaired) electrons. The van der Waals surface area contributed by atoms with Gasteiger partial charge in [-0.3, -0.25) is 9.59 Å². The quantitative estimate of drug-likeness (QED) is 0.664. The molecule has 6 nitrogen and oxygen atoms in total. The van der Waals surface area contributed by atoms with Crippen LogP contribution in [0.25, 0.3) is 11.0 Å². The van der Waals surface area contributed by atoms with Crippen LogP contribution in [0.15, 0.2) is 40.1 Å². The van der Waals surface area contributed by atoms with Gasteiger partial charge in [-0.25, -0.2) is 0 Å². The minimum atomic E-state index is -0.475. The molecule has 0 aliphatic carbocycles. The van der Waals surface area contributed by atoms with Crippen LogP contribution in [0.3, 0.4) is 0 Å². The maximum atomic E-state index is 12.8. The lowest BCUT2D eigenvalue weighted by molar-refractivity contribution is -0.141. The molecule has 0 saturated heterocycles. The van der Waals surface area contributed by atoms with Gasteiger partial charge in [0.25, 0.3) is 5.91 Å². The van der Waals surface area contributed by atoms with Crippen LogP contribution in [0.4, 0.5) is 0 Å². The van der Waals surface area contributed by atoms with Gasteiger partial charge in [0.05, 0.1) is 26.7 Å². The number of ether oxygens (including phenoxy) is 2. The number of methoxy groups -OCH3 is 2. The summed E-state index contributed by atoms with van der Waals surface area (Å²) in [6, 6.07) is 8.64. The Kier molecular flexibility index (Phi) is 5.27. The number of rotatable bonds is 6. The second-order valence-corrected chi connectivity index (χ2v) is 6.72. The van der Waals surface area contributed by atoms with Gasteiger partial charge < -0.3 is 19.2 Å². The van der Waals surface area contributed by atoms with Crippen LogP contribution < -0.4 is 10.1 Å². The van der Waals surface area contributed by atoms with Crippen molar-refractivity contribution in [2.75, 3.05) is 14.2 Å². The summed E-state index contributed by atoms with van der Waals surface area (Å²) < 4.78 is 15.7. The number of carbonyl (C=O) groups is 2. The number of fused-ring (bicyclic) bond motifs is 1. The van der Waals surface area contributed by atoms with Crippen LogP contribution in [0.5, 0.6) is 5.75 Å². The van der Waals surface area contributed by atoms with Gasteiger partial charge in [-0.15, -0.1) is 11.3 Å². The largest absolute Gasteiger partial charge is 0.497 e. The SMILES string of the molecule is COC(=O)CC(NC(=O)c1oc2ccc(OC)cc2c1C)c1cccs1. The molecule has 0 aliphatic heterocycles. The van der Waals surface area contributed by atoms with Gasteiger partial charge in [-0.2, -0.15) is 0 Å². The molecule has 3 rings (SSSR count). The molecule has 0 aliphatic rings. The van der Waals surface area contributed by atoms with Crippen molar-refractivity contribution >= 4 is 34.2 Å². The van der Waals surface area contributed by atoms with E-state index >= 15 is 0 Å². The summed E-state index contributed by atoms with van der Waals surface area (Å²) in [5.41, 5.74) is 1.33. The summed E-state index contributed by atoms with van der Waals surface area (Å²) >= 11 is 1.47. The molecular formula is C19H19NO5S. The highest BCUT2D eigenvalue weighted by atomic mass is 32.1. The topological polar surface area (TPSA) is 77.8 Å². The Morgan fingerprint density at radius 2 is 2.08 bits per heavy atom. The Balaban J connectivity index is 1.88. The summed E-state index contributed by atoms with van der Waals surface area (Å²) in [5.74, 6) is 0.143. The van der Waals surface area contributed by atoms with Crippen molar-refractivity contribution in [1.82, 2.24) is 5.32 Å². The number of esters is 1. The van der Waals surface area contributed by atoms with E-state index in [0.717, 1.165) is 15.8 Å². The van der Waals surface area contributed by atoms with Crippen molar-refractivity contribution in [3.8, 4) is 5.75 Å². The average Bonchev–Trinajstić information content (AvgIpc) is 3.29. The van der Waals surface area contributed by atoms with Crippen LogP contribution in [-0.4, -0.2) is 26.1 Å². The highest BCUT2D eigenvalue weighted by Crippen LogP contribution is 2.30. The molecule has 3 aromatic rings. The van der Waals surface area contributed by atoms with E-state index in [0.29, 0.717) is 11.3 Å². The molecule has 2 aromatic heterocycles. The van der Waals surface area contributed by atoms with E-state index in [1.807, 2.05) is 30.5 Å². The minimum absolute atomic E-state index is 0.0514. The molecule has 26 heavy (non-hydrogen) atoms. The fourth-order valence-corrected chi connectivity index (χ4v) is 3.51. The van der Waals surface area contributed by atoms with E-state index in [4.69, 9.17) is 13.9 Å². The van der Waals surface area contributed by atoms with Crippen LogP contribution in [0, 0.1) is 6.92 Å². The minimum Gasteiger partial charge on any atom is -0.497 e. The van der Waals surface area contributed by atoms with Crippen molar-refractivity contribution < 1.29 is 23.5 Å². The maximum Gasteiger partial charge on any atom is 0.307 e. The van der Waals surface area contributed by atoms with E-state index in [9.17, 15) is 9.59 Å². The number of aryl methyl sites for hydroxylation is 1. The summed E-state index contributed by atoms with van der Waals surface area (Å²) in [6.07, 6.45) is 0.0514. The molecule has 1 atom stereocenters. The third kappa shape index (κ3) is 3.57. The third-order valence-electron chi connectivity index (χ3n) is 4.14. The molecule has 0 spiro atoms. The Bertz CT molecular complexity index is 929. The summed E-state index contributed by atoms with van der Waals surface area (Å²) in [6.45, 7) is 1.82. The Morgan fingerprint density at radius 1 is 1.27 bits per heavy atom. The lowest BCUT2D eigenvalue weighted by Crippen LogP contribution is -2.30. The second-order valence-electron chi connectivity index (χ2n) is 5.74. The molecule has 1 amide bonds. The van der Waals surface area contributed by atoms with E-state index in [-0.39, 0.29) is 18.1 Å². The number of carbonyl (C=O) groups excluding carboxylic acids is 2. The smallest absolute Gasteiger partial charge is 0.307 e. The zero-order chi connectivity index (χ0) is 18.7. The molecule has 1 aromatic carbocycles. The fourth-order valence-electron chi connectivity index (χ4n) is 2.73. The van der Waals surface area contributed by atoms with Gasteiger partial charge >= 0.3 is 5.97 Å². The van der Waals surface area contributed by atoms with Gasteiger partial charge in [-0.1, -0.05) is 6.07 Å². The van der Waals surface area contributed by atoms with Crippen molar-refractivity contribution in [1.29, 1.82) is 0 Å². The molecule has 0 fully saturated rings. The van der Waals surface area contributed by atoms with Crippen LogP contribution >= 0.6 is 11.3 Å². The molecule has 2 heterocycles. The third-order valence-corrected chi connectivity index (χ3v) is 5.13. The van der Waals surface area contributed by atoms with Crippen LogP contribution in [0.2, 0.25) is 0 Å². The van der Waals surface area contributed by atoms with Crippen LogP contribution in [0.1, 0.15) is 33.5 Å². The highest BCUT2D eigenvalue weighted by Gasteiger charge is 2.24. The number of hydrogen-bond acceptors (Lipinski definition) is 6. The number of nitrogens with one attached hydrogen (secondary N) is 1. The normalized spacial score (nSPS) is 12.0. The lowest BCUT2D eigenvalue weighted by atomic mass is 10.1. The summed E-state index contributed by atoms with van der Waals surface area (Å²) in [7, 11) is 2.91. The predicted molar refractivity (Wildman–Crippen MR) is 98.7 cm³/mol. The van der Waals surface area contributed by atoms with E-state index in [1.165, 1.54) is 18.4 Å². The van der Waals surface area contributed by atoms with Crippen molar-refractivity contribution in [2.24, 2.45) is 0 Å². The average molecular weight is 373 g/mol. The van der Waals surface area contributed by atoms with Gasteiger partial charge in [0.2, 0.25) is 0 Å². The standard InChI is InChI=1S/C19H19NO5S/c1-11-13-9-12(23-2)6-7-15(13)25-18(11)19(22)20-14(10-17(21)24-3)16-5-4-8-26-16/h4-9,14H,10H2,1-3H3,(H,20,22). The molecule has 0 bridgehead atoms. The van der Waals surface area contributed by atoms with Crippen LogP contribution in [-0.2, 0) is 9.53 Å². The van der Waals surface area contributed by atoms with E-state index < -0.39 is 12.0 Å². The highest BCUT2D eigenvalue weighted by molar-refractivity contribution is 7.10. The fraction of sp³-hybridized carbons (Fsp3) is 0.263. The Morgan fingerprint density at radius 3 is 2.73 bits per heavy atom. The first kappa shape index (κ1) is 18.0. The first-order chi connectivity index (χ1) is 12.5.